The number of hydrogen-bond donors (Lipinski definition) is 0. The third kappa shape index (κ3) is 3.59. The maximum atomic E-state index is 11.9. The highest BCUT2D eigenvalue weighted by Gasteiger charge is 2.30. The molecule has 1 aliphatic heterocycles. The number of ether oxygens (including phenoxy) is 2. The van der Waals surface area contributed by atoms with E-state index < -0.39 is 0 Å². The first-order valence-electron chi connectivity index (χ1n) is 6.74. The molecule has 0 saturated carbocycles. The van der Waals surface area contributed by atoms with E-state index in [1.165, 1.54) is 4.90 Å². The molecule has 1 atom stereocenters. The quantitative estimate of drug-likeness (QED) is 0.747. The van der Waals surface area contributed by atoms with Gasteiger partial charge in [0.1, 0.15) is 19.0 Å². The molecule has 2 rings (SSSR count). The van der Waals surface area contributed by atoms with E-state index in [1.807, 2.05) is 43.3 Å². The molecule has 6 heteroatoms. The summed E-state index contributed by atoms with van der Waals surface area (Å²) in [5, 5.41) is 0. The van der Waals surface area contributed by atoms with Crippen molar-refractivity contribution in [3.05, 3.63) is 29.8 Å². The van der Waals surface area contributed by atoms with Crippen molar-refractivity contribution >= 4 is 11.8 Å². The van der Waals surface area contributed by atoms with Crippen molar-refractivity contribution in [1.29, 1.82) is 0 Å². The first kappa shape index (κ1) is 15.5. The van der Waals surface area contributed by atoms with Gasteiger partial charge in [-0.2, -0.15) is 0 Å². The van der Waals surface area contributed by atoms with Gasteiger partial charge in [-0.15, -0.1) is 0 Å². The summed E-state index contributed by atoms with van der Waals surface area (Å²) in [6.07, 6.45) is 0. The van der Waals surface area contributed by atoms with Crippen LogP contribution in [0.1, 0.15) is 11.6 Å². The van der Waals surface area contributed by atoms with Crippen molar-refractivity contribution in [1.82, 2.24) is 9.80 Å². The number of carbonyl (C=O) groups excluding carboxylic acids is 2. The number of methoxy groups -OCH3 is 1. The summed E-state index contributed by atoms with van der Waals surface area (Å²) in [5.74, 6) is 0.168. The molecule has 0 aliphatic carbocycles. The molecule has 1 aromatic carbocycles. The molecule has 21 heavy (non-hydrogen) atoms. The van der Waals surface area contributed by atoms with Crippen LogP contribution < -0.4 is 4.74 Å². The minimum absolute atomic E-state index is 0.0377. The molecular formula is C15H20N2O4. The standard InChI is InChI=1S/C15H20N2O4/c1-16(2)13(11-5-4-6-12(7-11)20-3)8-17-14(18)9-21-10-15(17)19/h4-7,13H,8-10H2,1-3H3/t13-/m1/s1. The number of likely N-dealkylation sites (N-methyl/N-ethyl adjacent to an activating group) is 1. The van der Waals surface area contributed by atoms with Gasteiger partial charge in [0.05, 0.1) is 13.2 Å². The van der Waals surface area contributed by atoms with Crippen LogP contribution in [0.5, 0.6) is 5.75 Å². The smallest absolute Gasteiger partial charge is 0.255 e. The van der Waals surface area contributed by atoms with Crippen LogP contribution in [-0.4, -0.2) is 62.6 Å². The Kier molecular flexibility index (Phi) is 4.93. The Balaban J connectivity index is 2.22. The predicted molar refractivity (Wildman–Crippen MR) is 77.0 cm³/mol. The van der Waals surface area contributed by atoms with E-state index in [0.717, 1.165) is 11.3 Å². The lowest BCUT2D eigenvalue weighted by molar-refractivity contribution is -0.159. The summed E-state index contributed by atoms with van der Waals surface area (Å²) in [7, 11) is 5.44. The second kappa shape index (κ2) is 6.69. The maximum Gasteiger partial charge on any atom is 0.255 e. The highest BCUT2D eigenvalue weighted by atomic mass is 16.5. The summed E-state index contributed by atoms with van der Waals surface area (Å²) >= 11 is 0. The van der Waals surface area contributed by atoms with E-state index in [9.17, 15) is 9.59 Å². The molecule has 1 fully saturated rings. The van der Waals surface area contributed by atoms with Gasteiger partial charge in [-0.25, -0.2) is 0 Å². The highest BCUT2D eigenvalue weighted by Crippen LogP contribution is 2.24. The van der Waals surface area contributed by atoms with Gasteiger partial charge in [-0.1, -0.05) is 12.1 Å². The Morgan fingerprint density at radius 3 is 2.52 bits per heavy atom. The molecule has 2 amide bonds. The molecule has 0 spiro atoms. The van der Waals surface area contributed by atoms with E-state index in [-0.39, 0.29) is 31.1 Å². The lowest BCUT2D eigenvalue weighted by Crippen LogP contribution is -2.49. The molecule has 0 unspecified atom stereocenters. The second-order valence-corrected chi connectivity index (χ2v) is 5.15. The molecule has 0 radical (unpaired) electrons. The number of nitrogens with zero attached hydrogens (tertiary/aromatic N) is 2. The molecule has 0 bridgehead atoms. The summed E-state index contributed by atoms with van der Waals surface area (Å²) < 4.78 is 10.2. The van der Waals surface area contributed by atoms with Gasteiger partial charge in [-0.3, -0.25) is 14.5 Å². The monoisotopic (exact) mass is 292 g/mol. The first-order valence-corrected chi connectivity index (χ1v) is 6.74. The van der Waals surface area contributed by atoms with Crippen LogP contribution in [0, 0.1) is 0 Å². The van der Waals surface area contributed by atoms with Crippen LogP contribution in [0.4, 0.5) is 0 Å². The topological polar surface area (TPSA) is 59.1 Å². The molecule has 1 aromatic rings. The molecule has 6 nitrogen and oxygen atoms in total. The highest BCUT2D eigenvalue weighted by molar-refractivity contribution is 5.98. The number of morpholine rings is 1. The second-order valence-electron chi connectivity index (χ2n) is 5.15. The van der Waals surface area contributed by atoms with Gasteiger partial charge in [0.25, 0.3) is 11.8 Å². The van der Waals surface area contributed by atoms with E-state index in [1.54, 1.807) is 7.11 Å². The van der Waals surface area contributed by atoms with Crippen LogP contribution in [0.3, 0.4) is 0 Å². The molecule has 1 aliphatic rings. The Morgan fingerprint density at radius 1 is 1.29 bits per heavy atom. The fourth-order valence-electron chi connectivity index (χ4n) is 2.31. The Labute approximate surface area is 124 Å². The van der Waals surface area contributed by atoms with Crippen molar-refractivity contribution in [2.24, 2.45) is 0 Å². The lowest BCUT2D eigenvalue weighted by Gasteiger charge is -2.32. The molecule has 1 saturated heterocycles. The first-order chi connectivity index (χ1) is 10.0. The number of imide groups is 1. The van der Waals surface area contributed by atoms with E-state index in [2.05, 4.69) is 0 Å². The number of benzene rings is 1. The van der Waals surface area contributed by atoms with Gasteiger partial charge in [0, 0.05) is 6.54 Å². The number of rotatable bonds is 5. The van der Waals surface area contributed by atoms with Gasteiger partial charge in [0.15, 0.2) is 0 Å². The zero-order valence-corrected chi connectivity index (χ0v) is 12.5. The molecule has 0 aromatic heterocycles. The van der Waals surface area contributed by atoms with Gasteiger partial charge < -0.3 is 14.4 Å². The van der Waals surface area contributed by atoms with Crippen molar-refractivity contribution < 1.29 is 19.1 Å². The van der Waals surface area contributed by atoms with E-state index in [4.69, 9.17) is 9.47 Å². The van der Waals surface area contributed by atoms with Crippen LogP contribution in [-0.2, 0) is 14.3 Å². The zero-order chi connectivity index (χ0) is 15.4. The van der Waals surface area contributed by atoms with E-state index >= 15 is 0 Å². The van der Waals surface area contributed by atoms with Gasteiger partial charge in [0.2, 0.25) is 0 Å². The minimum atomic E-state index is -0.291. The zero-order valence-electron chi connectivity index (χ0n) is 12.5. The predicted octanol–water partition coefficient (Wildman–Crippen LogP) is 0.683. The van der Waals surface area contributed by atoms with Crippen molar-refractivity contribution in [3.8, 4) is 5.75 Å². The number of hydrogen-bond acceptors (Lipinski definition) is 5. The SMILES string of the molecule is COc1cccc([C@@H](CN2C(=O)COCC2=O)N(C)C)c1. The average Bonchev–Trinajstić information content (AvgIpc) is 2.46. The van der Waals surface area contributed by atoms with Crippen LogP contribution >= 0.6 is 0 Å². The third-order valence-electron chi connectivity index (χ3n) is 3.51. The number of amides is 2. The van der Waals surface area contributed by atoms with Crippen molar-refractivity contribution in [2.75, 3.05) is 41.0 Å². The summed E-state index contributed by atoms with van der Waals surface area (Å²) in [4.78, 5) is 27.0. The Morgan fingerprint density at radius 2 is 1.95 bits per heavy atom. The van der Waals surface area contributed by atoms with Crippen molar-refractivity contribution in [3.63, 3.8) is 0 Å². The Bertz CT molecular complexity index is 514. The Hall–Kier alpha value is -1.92. The average molecular weight is 292 g/mol. The van der Waals surface area contributed by atoms with E-state index in [0.29, 0.717) is 6.54 Å². The number of carbonyl (C=O) groups is 2. The third-order valence-corrected chi connectivity index (χ3v) is 3.51. The van der Waals surface area contributed by atoms with Gasteiger partial charge >= 0.3 is 0 Å². The maximum absolute atomic E-state index is 11.9. The largest absolute Gasteiger partial charge is 0.497 e. The lowest BCUT2D eigenvalue weighted by atomic mass is 10.0. The molecule has 1 heterocycles. The summed E-state index contributed by atoms with van der Waals surface area (Å²) in [5.41, 5.74) is 0.992. The van der Waals surface area contributed by atoms with Gasteiger partial charge in [-0.05, 0) is 31.8 Å². The van der Waals surface area contributed by atoms with Crippen LogP contribution in [0.15, 0.2) is 24.3 Å². The normalized spacial score (nSPS) is 17.2. The minimum Gasteiger partial charge on any atom is -0.497 e. The molecule has 0 N–H and O–H groups in total. The summed E-state index contributed by atoms with van der Waals surface area (Å²) in [6.45, 7) is 0.231. The van der Waals surface area contributed by atoms with Crippen molar-refractivity contribution in [2.45, 2.75) is 6.04 Å². The molecular weight excluding hydrogens is 272 g/mol. The van der Waals surface area contributed by atoms with Crippen LogP contribution in [0.25, 0.3) is 0 Å². The fraction of sp³-hybridized carbons (Fsp3) is 0.467. The molecule has 114 valence electrons. The van der Waals surface area contributed by atoms with Crippen LogP contribution in [0.2, 0.25) is 0 Å². The fourth-order valence-corrected chi connectivity index (χ4v) is 2.31. The summed E-state index contributed by atoms with van der Waals surface area (Å²) in [6, 6.07) is 7.54.